The van der Waals surface area contributed by atoms with Crippen LogP contribution in [0.1, 0.15) is 42.1 Å². The average Bonchev–Trinajstić information content (AvgIpc) is 2.74. The van der Waals surface area contributed by atoms with Crippen molar-refractivity contribution in [3.05, 3.63) is 53.6 Å². The Kier molecular flexibility index (Phi) is 6.20. The molecule has 0 saturated carbocycles. The summed E-state index contributed by atoms with van der Waals surface area (Å²) in [6.07, 6.45) is 2.72. The second-order valence-electron chi connectivity index (χ2n) is 6.85. The van der Waals surface area contributed by atoms with Gasteiger partial charge in [0.05, 0.1) is 29.2 Å². The van der Waals surface area contributed by atoms with Crippen molar-refractivity contribution in [2.75, 3.05) is 13.7 Å². The first-order valence-corrected chi connectivity index (χ1v) is 10.7. The maximum Gasteiger partial charge on any atom is 0.343 e. The third-order valence-electron chi connectivity index (χ3n) is 4.93. The van der Waals surface area contributed by atoms with E-state index in [1.54, 1.807) is 0 Å². The summed E-state index contributed by atoms with van der Waals surface area (Å²) in [7, 11) is -2.19. The second-order valence-corrected chi connectivity index (χ2v) is 8.74. The van der Waals surface area contributed by atoms with Crippen LogP contribution < -0.4 is 9.47 Å². The molecule has 29 heavy (non-hydrogen) atoms. The van der Waals surface area contributed by atoms with E-state index in [9.17, 15) is 13.2 Å². The van der Waals surface area contributed by atoms with Gasteiger partial charge in [-0.1, -0.05) is 6.42 Å². The number of benzene rings is 2. The van der Waals surface area contributed by atoms with Crippen LogP contribution in [0.5, 0.6) is 11.5 Å². The quantitative estimate of drug-likeness (QED) is 0.550. The van der Waals surface area contributed by atoms with Crippen molar-refractivity contribution in [2.24, 2.45) is 0 Å². The molecule has 0 aliphatic carbocycles. The summed E-state index contributed by atoms with van der Waals surface area (Å²) in [5.74, 6) is -0.214. The minimum Gasteiger partial charge on any atom is -0.493 e. The third-order valence-corrected chi connectivity index (χ3v) is 6.96. The molecule has 0 bridgehead atoms. The molecule has 1 aliphatic rings. The molecule has 0 amide bonds. The summed E-state index contributed by atoms with van der Waals surface area (Å²) < 4.78 is 37.8. The standard InChI is InChI=1S/C21H22N2O5S/c1-15-5-3-4-12-23(15)29(25,26)18-9-7-17(8-10-18)21(24)28-19-11-6-16(14-22)13-20(19)27-2/h6-11,13,15H,3-5,12H2,1-2H3. The Labute approximate surface area is 170 Å². The molecule has 1 fully saturated rings. The fraction of sp³-hybridized carbons (Fsp3) is 0.333. The van der Waals surface area contributed by atoms with Crippen molar-refractivity contribution in [3.8, 4) is 17.6 Å². The van der Waals surface area contributed by atoms with Crippen LogP contribution in [-0.2, 0) is 10.0 Å². The van der Waals surface area contributed by atoms with Crippen molar-refractivity contribution < 1.29 is 22.7 Å². The Morgan fingerprint density at radius 2 is 1.86 bits per heavy atom. The second kappa shape index (κ2) is 8.64. The number of hydrogen-bond donors (Lipinski definition) is 0. The van der Waals surface area contributed by atoms with Crippen molar-refractivity contribution in [3.63, 3.8) is 0 Å². The van der Waals surface area contributed by atoms with E-state index < -0.39 is 16.0 Å². The third kappa shape index (κ3) is 4.42. The number of carbonyl (C=O) groups excluding carboxylic acids is 1. The number of carbonyl (C=O) groups is 1. The first-order chi connectivity index (χ1) is 13.9. The predicted molar refractivity (Wildman–Crippen MR) is 106 cm³/mol. The fourth-order valence-electron chi connectivity index (χ4n) is 3.31. The van der Waals surface area contributed by atoms with Gasteiger partial charge in [0, 0.05) is 18.7 Å². The van der Waals surface area contributed by atoms with Crippen LogP contribution >= 0.6 is 0 Å². The van der Waals surface area contributed by atoms with E-state index in [-0.39, 0.29) is 28.0 Å². The highest BCUT2D eigenvalue weighted by Gasteiger charge is 2.31. The minimum absolute atomic E-state index is 0.0396. The number of nitriles is 1. The molecular formula is C21H22N2O5S. The van der Waals surface area contributed by atoms with Crippen LogP contribution in [0.25, 0.3) is 0 Å². The van der Waals surface area contributed by atoms with Gasteiger partial charge in [-0.05, 0) is 56.2 Å². The van der Waals surface area contributed by atoms with Gasteiger partial charge in [0.1, 0.15) is 0 Å². The first-order valence-electron chi connectivity index (χ1n) is 9.29. The number of piperidine rings is 1. The molecule has 3 rings (SSSR count). The fourth-order valence-corrected chi connectivity index (χ4v) is 5.01. The molecule has 7 nitrogen and oxygen atoms in total. The zero-order valence-corrected chi connectivity index (χ0v) is 17.1. The number of methoxy groups -OCH3 is 1. The summed E-state index contributed by atoms with van der Waals surface area (Å²) >= 11 is 0. The van der Waals surface area contributed by atoms with Crippen molar-refractivity contribution in [1.82, 2.24) is 4.31 Å². The van der Waals surface area contributed by atoms with E-state index in [1.807, 2.05) is 13.0 Å². The Morgan fingerprint density at radius 3 is 2.48 bits per heavy atom. The van der Waals surface area contributed by atoms with Gasteiger partial charge in [-0.2, -0.15) is 9.57 Å². The molecule has 2 aromatic rings. The summed E-state index contributed by atoms with van der Waals surface area (Å²) in [5.41, 5.74) is 0.588. The van der Waals surface area contributed by atoms with Crippen molar-refractivity contribution in [1.29, 1.82) is 5.26 Å². The topological polar surface area (TPSA) is 96.7 Å². The number of hydrogen-bond acceptors (Lipinski definition) is 6. The van der Waals surface area contributed by atoms with Crippen LogP contribution in [0.3, 0.4) is 0 Å². The van der Waals surface area contributed by atoms with E-state index in [2.05, 4.69) is 0 Å². The van der Waals surface area contributed by atoms with E-state index in [0.29, 0.717) is 12.1 Å². The largest absolute Gasteiger partial charge is 0.493 e. The summed E-state index contributed by atoms with van der Waals surface area (Å²) in [4.78, 5) is 12.6. The van der Waals surface area contributed by atoms with Gasteiger partial charge in [-0.15, -0.1) is 0 Å². The Balaban J connectivity index is 1.78. The van der Waals surface area contributed by atoms with Crippen molar-refractivity contribution in [2.45, 2.75) is 37.1 Å². The normalized spacial score (nSPS) is 17.3. The van der Waals surface area contributed by atoms with Gasteiger partial charge < -0.3 is 9.47 Å². The van der Waals surface area contributed by atoms with Crippen LogP contribution in [0.2, 0.25) is 0 Å². The van der Waals surface area contributed by atoms with Crippen LogP contribution in [0, 0.1) is 11.3 Å². The molecule has 0 aromatic heterocycles. The molecule has 1 atom stereocenters. The lowest BCUT2D eigenvalue weighted by Crippen LogP contribution is -2.41. The molecule has 0 radical (unpaired) electrons. The molecular weight excluding hydrogens is 392 g/mol. The molecule has 1 aliphatic heterocycles. The highest BCUT2D eigenvalue weighted by Crippen LogP contribution is 2.29. The van der Waals surface area contributed by atoms with Crippen LogP contribution in [-0.4, -0.2) is 38.4 Å². The molecule has 1 heterocycles. The van der Waals surface area contributed by atoms with Gasteiger partial charge >= 0.3 is 5.97 Å². The molecule has 8 heteroatoms. The summed E-state index contributed by atoms with van der Waals surface area (Å²) in [6, 6.07) is 12.1. The number of ether oxygens (including phenoxy) is 2. The predicted octanol–water partition coefficient (Wildman–Crippen LogP) is 3.35. The highest BCUT2D eigenvalue weighted by atomic mass is 32.2. The lowest BCUT2D eigenvalue weighted by molar-refractivity contribution is 0.0729. The number of rotatable bonds is 5. The smallest absolute Gasteiger partial charge is 0.343 e. The molecule has 1 saturated heterocycles. The SMILES string of the molecule is COc1cc(C#N)ccc1OC(=O)c1ccc(S(=O)(=O)N2CCCCC2C)cc1. The molecule has 2 aromatic carbocycles. The highest BCUT2D eigenvalue weighted by molar-refractivity contribution is 7.89. The summed E-state index contributed by atoms with van der Waals surface area (Å²) in [6.45, 7) is 2.42. The van der Waals surface area contributed by atoms with Crippen LogP contribution in [0.15, 0.2) is 47.4 Å². The van der Waals surface area contributed by atoms with Gasteiger partial charge in [0.25, 0.3) is 0 Å². The molecule has 152 valence electrons. The Morgan fingerprint density at radius 1 is 1.14 bits per heavy atom. The van der Waals surface area contributed by atoms with E-state index in [4.69, 9.17) is 14.7 Å². The maximum atomic E-state index is 12.9. The first kappa shape index (κ1) is 20.8. The molecule has 1 unspecified atom stereocenters. The van der Waals surface area contributed by atoms with E-state index in [1.165, 1.54) is 53.9 Å². The number of esters is 1. The molecule has 0 N–H and O–H groups in total. The lowest BCUT2D eigenvalue weighted by atomic mass is 10.1. The zero-order valence-electron chi connectivity index (χ0n) is 16.3. The number of nitrogens with zero attached hydrogens (tertiary/aromatic N) is 2. The Hall–Kier alpha value is -2.89. The maximum absolute atomic E-state index is 12.9. The lowest BCUT2D eigenvalue weighted by Gasteiger charge is -2.32. The van der Waals surface area contributed by atoms with Gasteiger partial charge in [-0.25, -0.2) is 13.2 Å². The minimum atomic E-state index is -3.60. The number of sulfonamides is 1. The van der Waals surface area contributed by atoms with Gasteiger partial charge in [0.15, 0.2) is 11.5 Å². The summed E-state index contributed by atoms with van der Waals surface area (Å²) in [5, 5.41) is 8.94. The Bertz CT molecular complexity index is 1040. The van der Waals surface area contributed by atoms with E-state index >= 15 is 0 Å². The van der Waals surface area contributed by atoms with Gasteiger partial charge in [0.2, 0.25) is 10.0 Å². The monoisotopic (exact) mass is 414 g/mol. The average molecular weight is 414 g/mol. The molecule has 0 spiro atoms. The van der Waals surface area contributed by atoms with Crippen LogP contribution in [0.4, 0.5) is 0 Å². The zero-order chi connectivity index (χ0) is 21.0. The van der Waals surface area contributed by atoms with Gasteiger partial charge in [-0.3, -0.25) is 0 Å². The van der Waals surface area contributed by atoms with Crippen molar-refractivity contribution >= 4 is 16.0 Å². The van der Waals surface area contributed by atoms with E-state index in [0.717, 1.165) is 19.3 Å².